The van der Waals surface area contributed by atoms with Gasteiger partial charge in [-0.05, 0) is 56.0 Å². The third-order valence-corrected chi connectivity index (χ3v) is 5.42. The normalized spacial score (nSPS) is 18.8. The molecule has 1 aliphatic heterocycles. The summed E-state index contributed by atoms with van der Waals surface area (Å²) >= 11 is 6.06. The number of aryl methyl sites for hydroxylation is 2. The summed E-state index contributed by atoms with van der Waals surface area (Å²) in [5, 5.41) is 0.637. The number of pyridine rings is 1. The first kappa shape index (κ1) is 16.6. The molecule has 5 heteroatoms. The molecule has 3 heterocycles. The fourth-order valence-electron chi connectivity index (χ4n) is 3.68. The average Bonchev–Trinajstić information content (AvgIpc) is 3.01. The van der Waals surface area contributed by atoms with Crippen LogP contribution < -0.4 is 0 Å². The molecule has 0 spiro atoms. The molecule has 1 saturated heterocycles. The number of hydrogen-bond acceptors (Lipinski definition) is 3. The van der Waals surface area contributed by atoms with Gasteiger partial charge in [0.2, 0.25) is 0 Å². The molecule has 25 heavy (non-hydrogen) atoms. The van der Waals surface area contributed by atoms with Crippen molar-refractivity contribution in [2.24, 2.45) is 0 Å². The number of likely N-dealkylation sites (tertiary alicyclic amines) is 1. The molecular weight excluding hydrogens is 332 g/mol. The van der Waals surface area contributed by atoms with Crippen molar-refractivity contribution in [2.75, 3.05) is 6.54 Å². The monoisotopic (exact) mass is 354 g/mol. The SMILES string of the molecule is Cc1ccc(CN2CCCC[C@@H]2c2nc3ncc(Cl)cc3[nH]2)cc1C. The summed E-state index contributed by atoms with van der Waals surface area (Å²) in [5.74, 6) is 1.01. The minimum Gasteiger partial charge on any atom is -0.339 e. The second-order valence-electron chi connectivity index (χ2n) is 7.05. The van der Waals surface area contributed by atoms with Gasteiger partial charge < -0.3 is 4.98 Å². The van der Waals surface area contributed by atoms with E-state index in [0.29, 0.717) is 11.1 Å². The molecule has 3 aromatic rings. The summed E-state index contributed by atoms with van der Waals surface area (Å²) < 4.78 is 0. The van der Waals surface area contributed by atoms with Gasteiger partial charge in [-0.25, -0.2) is 9.97 Å². The summed E-state index contributed by atoms with van der Waals surface area (Å²) in [5.41, 5.74) is 5.73. The van der Waals surface area contributed by atoms with Crippen LogP contribution in [0.4, 0.5) is 0 Å². The van der Waals surface area contributed by atoms with Crippen molar-refractivity contribution in [1.29, 1.82) is 0 Å². The van der Waals surface area contributed by atoms with Crippen LogP contribution in [0.25, 0.3) is 11.2 Å². The highest BCUT2D eigenvalue weighted by molar-refractivity contribution is 6.31. The van der Waals surface area contributed by atoms with E-state index in [9.17, 15) is 0 Å². The second-order valence-corrected chi connectivity index (χ2v) is 7.48. The maximum Gasteiger partial charge on any atom is 0.177 e. The molecule has 0 saturated carbocycles. The highest BCUT2D eigenvalue weighted by atomic mass is 35.5. The van der Waals surface area contributed by atoms with Crippen LogP contribution in [-0.4, -0.2) is 26.4 Å². The van der Waals surface area contributed by atoms with Crippen LogP contribution in [0.5, 0.6) is 0 Å². The number of nitrogens with one attached hydrogen (secondary N) is 1. The zero-order valence-corrected chi connectivity index (χ0v) is 15.5. The lowest BCUT2D eigenvalue weighted by molar-refractivity contribution is 0.134. The summed E-state index contributed by atoms with van der Waals surface area (Å²) in [6.07, 6.45) is 5.26. The lowest BCUT2D eigenvalue weighted by atomic mass is 9.99. The summed E-state index contributed by atoms with van der Waals surface area (Å²) in [7, 11) is 0. The maximum absolute atomic E-state index is 6.06. The first-order valence-electron chi connectivity index (χ1n) is 8.91. The molecule has 1 aliphatic rings. The highest BCUT2D eigenvalue weighted by Gasteiger charge is 2.26. The number of halogens is 1. The lowest BCUT2D eigenvalue weighted by Crippen LogP contribution is -2.33. The number of aromatic nitrogens is 3. The van der Waals surface area contributed by atoms with Gasteiger partial charge in [0.1, 0.15) is 5.82 Å². The Bertz CT molecular complexity index is 902. The Labute approximate surface area is 153 Å². The number of imidazole rings is 1. The standard InChI is InChI=1S/C20H23ClN4/c1-13-6-7-15(9-14(13)2)12-25-8-4-3-5-18(25)20-23-17-10-16(21)11-22-19(17)24-20/h6-7,9-11,18H,3-5,8,12H2,1-2H3,(H,22,23,24)/t18-/m1/s1. The molecule has 0 bridgehead atoms. The van der Waals surface area contributed by atoms with Crippen LogP contribution in [0.3, 0.4) is 0 Å². The van der Waals surface area contributed by atoms with E-state index in [1.807, 2.05) is 6.07 Å². The van der Waals surface area contributed by atoms with Gasteiger partial charge in [-0.15, -0.1) is 0 Å². The van der Waals surface area contributed by atoms with Gasteiger partial charge in [-0.2, -0.15) is 0 Å². The summed E-state index contributed by atoms with van der Waals surface area (Å²) in [6.45, 7) is 6.40. The van der Waals surface area contributed by atoms with Crippen molar-refractivity contribution in [2.45, 2.75) is 45.7 Å². The number of fused-ring (bicyclic) bond motifs is 1. The molecule has 130 valence electrons. The van der Waals surface area contributed by atoms with E-state index in [4.69, 9.17) is 16.6 Å². The van der Waals surface area contributed by atoms with E-state index in [-0.39, 0.29) is 0 Å². The predicted octanol–water partition coefficient (Wildman–Crippen LogP) is 4.96. The number of H-pyrrole nitrogens is 1. The molecule has 0 unspecified atom stereocenters. The Morgan fingerprint density at radius 2 is 2.08 bits per heavy atom. The predicted molar refractivity (Wildman–Crippen MR) is 102 cm³/mol. The van der Waals surface area contributed by atoms with E-state index in [2.05, 4.69) is 46.9 Å². The van der Waals surface area contributed by atoms with E-state index < -0.39 is 0 Å². The smallest absolute Gasteiger partial charge is 0.177 e. The van der Waals surface area contributed by atoms with Crippen molar-refractivity contribution < 1.29 is 0 Å². The fourth-order valence-corrected chi connectivity index (χ4v) is 3.84. The molecule has 1 N–H and O–H groups in total. The Hall–Kier alpha value is -1.91. The molecular formula is C20H23ClN4. The first-order chi connectivity index (χ1) is 12.1. The Morgan fingerprint density at radius 3 is 2.92 bits per heavy atom. The Balaban J connectivity index is 1.62. The van der Waals surface area contributed by atoms with Gasteiger partial charge in [0.05, 0.1) is 16.6 Å². The van der Waals surface area contributed by atoms with E-state index in [0.717, 1.165) is 36.5 Å². The number of nitrogens with zero attached hydrogens (tertiary/aromatic N) is 3. The summed E-state index contributed by atoms with van der Waals surface area (Å²) in [4.78, 5) is 15.0. The first-order valence-corrected chi connectivity index (χ1v) is 9.29. The average molecular weight is 355 g/mol. The number of hydrogen-bond donors (Lipinski definition) is 1. The molecule has 2 aromatic heterocycles. The highest BCUT2D eigenvalue weighted by Crippen LogP contribution is 2.32. The Kier molecular flexibility index (Phi) is 4.48. The second kappa shape index (κ2) is 6.77. The molecule has 4 nitrogen and oxygen atoms in total. The van der Waals surface area contributed by atoms with E-state index in [1.54, 1.807) is 6.20 Å². The minimum atomic E-state index is 0.309. The quantitative estimate of drug-likeness (QED) is 0.723. The molecule has 0 aliphatic carbocycles. The molecule has 0 amide bonds. The number of piperidine rings is 1. The van der Waals surface area contributed by atoms with Crippen LogP contribution in [-0.2, 0) is 6.54 Å². The Morgan fingerprint density at radius 1 is 1.20 bits per heavy atom. The fraction of sp³-hybridized carbons (Fsp3) is 0.400. The lowest BCUT2D eigenvalue weighted by Gasteiger charge is -2.34. The van der Waals surface area contributed by atoms with Gasteiger partial charge in [0.25, 0.3) is 0 Å². The largest absolute Gasteiger partial charge is 0.339 e. The molecule has 1 fully saturated rings. The molecule has 1 aromatic carbocycles. The van der Waals surface area contributed by atoms with Crippen LogP contribution in [0.15, 0.2) is 30.5 Å². The van der Waals surface area contributed by atoms with Crippen molar-refractivity contribution in [3.05, 3.63) is 58.0 Å². The van der Waals surface area contributed by atoms with Crippen molar-refractivity contribution in [3.63, 3.8) is 0 Å². The molecule has 4 rings (SSSR count). The number of benzene rings is 1. The van der Waals surface area contributed by atoms with Gasteiger partial charge in [-0.1, -0.05) is 36.2 Å². The van der Waals surface area contributed by atoms with Gasteiger partial charge in [-0.3, -0.25) is 4.90 Å². The van der Waals surface area contributed by atoms with Crippen molar-refractivity contribution >= 4 is 22.8 Å². The third kappa shape index (κ3) is 3.42. The number of rotatable bonds is 3. The van der Waals surface area contributed by atoms with Crippen molar-refractivity contribution in [1.82, 2.24) is 19.9 Å². The zero-order valence-electron chi connectivity index (χ0n) is 14.7. The topological polar surface area (TPSA) is 44.8 Å². The van der Waals surface area contributed by atoms with Crippen LogP contribution in [0.2, 0.25) is 5.02 Å². The van der Waals surface area contributed by atoms with Crippen LogP contribution in [0.1, 0.15) is 47.8 Å². The number of aromatic amines is 1. The minimum absolute atomic E-state index is 0.309. The van der Waals surface area contributed by atoms with Crippen molar-refractivity contribution in [3.8, 4) is 0 Å². The van der Waals surface area contributed by atoms with Gasteiger partial charge in [0.15, 0.2) is 5.65 Å². The van der Waals surface area contributed by atoms with Gasteiger partial charge in [0, 0.05) is 12.7 Å². The van der Waals surface area contributed by atoms with E-state index in [1.165, 1.54) is 29.5 Å². The van der Waals surface area contributed by atoms with Crippen LogP contribution in [0, 0.1) is 13.8 Å². The zero-order chi connectivity index (χ0) is 17.4. The maximum atomic E-state index is 6.06. The molecule has 1 atom stereocenters. The van der Waals surface area contributed by atoms with E-state index >= 15 is 0 Å². The van der Waals surface area contributed by atoms with Crippen LogP contribution >= 0.6 is 11.6 Å². The van der Waals surface area contributed by atoms with Gasteiger partial charge >= 0.3 is 0 Å². The summed E-state index contributed by atoms with van der Waals surface area (Å²) in [6, 6.07) is 8.98. The molecule has 0 radical (unpaired) electrons. The third-order valence-electron chi connectivity index (χ3n) is 5.21.